The van der Waals surface area contributed by atoms with Crippen LogP contribution in [0.2, 0.25) is 0 Å². The monoisotopic (exact) mass is 388 g/mol. The third kappa shape index (κ3) is 3.49. The number of allylic oxidation sites excluding steroid dienone is 1. The largest absolute Gasteiger partial charge is 0.507 e. The zero-order valence-corrected chi connectivity index (χ0v) is 14.1. The molecule has 0 radical (unpaired) electrons. The summed E-state index contributed by atoms with van der Waals surface area (Å²) >= 11 is 11.6. The topological polar surface area (TPSA) is 114 Å². The van der Waals surface area contributed by atoms with Gasteiger partial charge < -0.3 is 5.11 Å². The van der Waals surface area contributed by atoms with Gasteiger partial charge in [0, 0.05) is 17.5 Å². The minimum Gasteiger partial charge on any atom is -0.507 e. The Morgan fingerprint density at radius 2 is 1.96 bits per heavy atom. The van der Waals surface area contributed by atoms with Crippen LogP contribution >= 0.6 is 23.2 Å². The van der Waals surface area contributed by atoms with Crippen molar-refractivity contribution in [1.82, 2.24) is 10.7 Å². The van der Waals surface area contributed by atoms with Gasteiger partial charge in [0.25, 0.3) is 10.1 Å². The molecule has 0 unspecified atom stereocenters. The molecule has 0 aliphatic carbocycles. The molecule has 2 aromatic rings. The summed E-state index contributed by atoms with van der Waals surface area (Å²) in [7, 11) is -4.44. The van der Waals surface area contributed by atoms with Gasteiger partial charge in [-0.25, -0.2) is 0 Å². The summed E-state index contributed by atoms with van der Waals surface area (Å²) in [5.41, 5.74) is 6.03. The summed E-state index contributed by atoms with van der Waals surface area (Å²) in [6.07, 6.45) is 1.41. The zero-order chi connectivity index (χ0) is 17.5. The van der Waals surface area contributed by atoms with E-state index < -0.39 is 15.0 Å². The number of phenolic OH excluding ortho intramolecular Hbond substituents is 1. The minimum atomic E-state index is -4.44. The smallest absolute Gasteiger partial charge is 0.294 e. The normalized spacial score (nSPS) is 14.9. The number of halogens is 2. The number of hydrogen-bond acceptors (Lipinski definition) is 7. The fourth-order valence-corrected chi connectivity index (χ4v) is 3.06. The number of benzene rings is 2. The van der Waals surface area contributed by atoms with E-state index in [0.29, 0.717) is 16.5 Å². The number of hydrazine groups is 2. The Morgan fingerprint density at radius 3 is 2.62 bits per heavy atom. The van der Waals surface area contributed by atoms with Crippen LogP contribution in [0.3, 0.4) is 0 Å². The molecular weight excluding hydrogens is 379 g/mol. The van der Waals surface area contributed by atoms with E-state index in [4.69, 9.17) is 27.8 Å². The maximum Gasteiger partial charge on any atom is 0.294 e. The molecule has 0 saturated carbocycles. The van der Waals surface area contributed by atoms with Gasteiger partial charge in [-0.05, 0) is 29.7 Å². The molecule has 11 heteroatoms. The van der Waals surface area contributed by atoms with E-state index in [1.54, 1.807) is 18.2 Å². The number of nitrogens with zero attached hydrogens (tertiary/aromatic N) is 2. The molecule has 24 heavy (non-hydrogen) atoms. The Kier molecular flexibility index (Phi) is 4.18. The Balaban J connectivity index is 1.98. The molecule has 1 aliphatic heterocycles. The lowest BCUT2D eigenvalue weighted by molar-refractivity contribution is 0.280. The van der Waals surface area contributed by atoms with Crippen LogP contribution in [0.5, 0.6) is 5.75 Å². The number of anilines is 1. The van der Waals surface area contributed by atoms with Crippen molar-refractivity contribution in [2.75, 3.05) is 5.43 Å². The second-order valence-electron chi connectivity index (χ2n) is 4.80. The van der Waals surface area contributed by atoms with Crippen LogP contribution in [0, 0.1) is 0 Å². The van der Waals surface area contributed by atoms with E-state index >= 15 is 0 Å². The number of nitrogens with one attached hydrogen (secondary N) is 2. The van der Waals surface area contributed by atoms with Crippen molar-refractivity contribution in [2.24, 2.45) is 5.10 Å². The molecule has 0 atom stereocenters. The maximum atomic E-state index is 11.3. The molecular formula is C13H10Cl2N4O4S. The molecule has 3 rings (SSSR count). The summed E-state index contributed by atoms with van der Waals surface area (Å²) in [4.78, 5) is -0.409. The molecule has 0 bridgehead atoms. The maximum absolute atomic E-state index is 11.3. The van der Waals surface area contributed by atoms with Crippen molar-refractivity contribution >= 4 is 55.0 Å². The van der Waals surface area contributed by atoms with Gasteiger partial charge in [0.05, 0.1) is 10.6 Å². The summed E-state index contributed by atoms with van der Waals surface area (Å²) in [5, 5.41) is 16.2. The number of phenols is 1. The SMILES string of the molecule is O=S(=O)(O)c1cc(O)c2ccc(NN3N=C(Cl)C=C(Cl)N3)cc2c1. The molecule has 0 amide bonds. The van der Waals surface area contributed by atoms with Crippen molar-refractivity contribution in [1.29, 1.82) is 0 Å². The second kappa shape index (κ2) is 6.02. The minimum absolute atomic E-state index is 0.151. The summed E-state index contributed by atoms with van der Waals surface area (Å²) in [5.74, 6) is -0.269. The third-order valence-electron chi connectivity index (χ3n) is 3.09. The molecule has 8 nitrogen and oxygen atoms in total. The Labute approximate surface area is 146 Å². The number of rotatable bonds is 3. The van der Waals surface area contributed by atoms with Crippen LogP contribution in [-0.2, 0) is 10.1 Å². The first kappa shape index (κ1) is 16.7. The van der Waals surface area contributed by atoms with Gasteiger partial charge in [-0.3, -0.25) is 15.4 Å². The lowest BCUT2D eigenvalue weighted by Gasteiger charge is -2.24. The Bertz CT molecular complexity index is 991. The first-order valence-corrected chi connectivity index (χ1v) is 8.61. The second-order valence-corrected chi connectivity index (χ2v) is 7.02. The van der Waals surface area contributed by atoms with E-state index in [1.807, 2.05) is 0 Å². The van der Waals surface area contributed by atoms with Crippen molar-refractivity contribution in [3.8, 4) is 5.75 Å². The molecule has 126 valence electrons. The standard InChI is InChI=1S/C13H10Cl2N4O4S/c14-12-6-13(15)18-19(17-12)16-8-1-2-10-7(3-8)4-9(5-11(10)20)24(21,22)23/h1-6,16-17,20H,(H,21,22,23). The van der Waals surface area contributed by atoms with E-state index in [0.717, 1.165) is 6.07 Å². The molecule has 0 spiro atoms. The molecule has 2 aromatic carbocycles. The van der Waals surface area contributed by atoms with Crippen LogP contribution in [0.4, 0.5) is 5.69 Å². The van der Waals surface area contributed by atoms with Crippen molar-refractivity contribution in [3.05, 3.63) is 41.6 Å². The average molecular weight is 389 g/mol. The molecule has 0 fully saturated rings. The van der Waals surface area contributed by atoms with Crippen LogP contribution in [0.15, 0.2) is 51.6 Å². The van der Waals surface area contributed by atoms with Crippen LogP contribution < -0.4 is 10.9 Å². The highest BCUT2D eigenvalue weighted by Gasteiger charge is 2.14. The lowest BCUT2D eigenvalue weighted by Crippen LogP contribution is -2.39. The zero-order valence-electron chi connectivity index (χ0n) is 11.7. The molecule has 1 aliphatic rings. The highest BCUT2D eigenvalue weighted by atomic mass is 35.5. The molecule has 4 N–H and O–H groups in total. The van der Waals surface area contributed by atoms with Crippen LogP contribution in [0.25, 0.3) is 10.8 Å². The fourth-order valence-electron chi connectivity index (χ4n) is 2.10. The highest BCUT2D eigenvalue weighted by molar-refractivity contribution is 7.85. The van der Waals surface area contributed by atoms with Crippen molar-refractivity contribution in [2.45, 2.75) is 4.90 Å². The molecule has 0 saturated heterocycles. The van der Waals surface area contributed by atoms with E-state index in [1.165, 1.54) is 17.4 Å². The predicted octanol–water partition coefficient (Wildman–Crippen LogP) is 2.57. The summed E-state index contributed by atoms with van der Waals surface area (Å²) < 4.78 is 31.7. The fraction of sp³-hybridized carbons (Fsp3) is 0. The average Bonchev–Trinajstić information content (AvgIpc) is 2.44. The summed E-state index contributed by atoms with van der Waals surface area (Å²) in [6.45, 7) is 0. The van der Waals surface area contributed by atoms with Gasteiger partial charge in [0.15, 0.2) is 5.17 Å². The van der Waals surface area contributed by atoms with Gasteiger partial charge in [-0.2, -0.15) is 8.42 Å². The van der Waals surface area contributed by atoms with Gasteiger partial charge in [0.1, 0.15) is 10.9 Å². The van der Waals surface area contributed by atoms with Gasteiger partial charge in [-0.15, -0.1) is 10.3 Å². The molecule has 0 aromatic heterocycles. The Morgan fingerprint density at radius 1 is 1.21 bits per heavy atom. The number of aromatic hydroxyl groups is 1. The van der Waals surface area contributed by atoms with Gasteiger partial charge >= 0.3 is 0 Å². The first-order chi connectivity index (χ1) is 11.2. The first-order valence-electron chi connectivity index (χ1n) is 6.41. The summed E-state index contributed by atoms with van der Waals surface area (Å²) in [6, 6.07) is 6.98. The van der Waals surface area contributed by atoms with Gasteiger partial charge in [-0.1, -0.05) is 23.2 Å². The number of hydrazone groups is 1. The number of fused-ring (bicyclic) bond motifs is 1. The van der Waals surface area contributed by atoms with Crippen LogP contribution in [-0.4, -0.2) is 28.5 Å². The molecule has 1 heterocycles. The number of hydrogen-bond donors (Lipinski definition) is 4. The van der Waals surface area contributed by atoms with E-state index in [2.05, 4.69) is 16.0 Å². The van der Waals surface area contributed by atoms with E-state index in [-0.39, 0.29) is 16.1 Å². The lowest BCUT2D eigenvalue weighted by atomic mass is 10.1. The van der Waals surface area contributed by atoms with E-state index in [9.17, 15) is 13.5 Å². The van der Waals surface area contributed by atoms with Gasteiger partial charge in [0.2, 0.25) is 0 Å². The van der Waals surface area contributed by atoms with Crippen molar-refractivity contribution in [3.63, 3.8) is 0 Å². The van der Waals surface area contributed by atoms with Crippen molar-refractivity contribution < 1.29 is 18.1 Å². The van der Waals surface area contributed by atoms with Crippen LogP contribution in [0.1, 0.15) is 0 Å². The third-order valence-corrected chi connectivity index (χ3v) is 4.30. The predicted molar refractivity (Wildman–Crippen MR) is 91.2 cm³/mol. The highest BCUT2D eigenvalue weighted by Crippen LogP contribution is 2.30. The Hall–Kier alpha value is -2.20. The quantitative estimate of drug-likeness (QED) is 0.471.